The van der Waals surface area contributed by atoms with Crippen molar-refractivity contribution in [2.75, 3.05) is 0 Å². The molecule has 3 nitrogen and oxygen atoms in total. The van der Waals surface area contributed by atoms with E-state index in [0.29, 0.717) is 12.8 Å². The highest BCUT2D eigenvalue weighted by molar-refractivity contribution is 5.85. The number of nitrogens with zero attached hydrogens (tertiary/aromatic N) is 1. The summed E-state index contributed by atoms with van der Waals surface area (Å²) >= 11 is 0. The first-order chi connectivity index (χ1) is 13.9. The van der Waals surface area contributed by atoms with Crippen LogP contribution in [0.25, 0.3) is 11.3 Å². The molecule has 1 aromatic heterocycles. The summed E-state index contributed by atoms with van der Waals surface area (Å²) in [5.74, 6) is 0.903. The van der Waals surface area contributed by atoms with Crippen LogP contribution in [0.5, 0.6) is 5.75 Å². The van der Waals surface area contributed by atoms with Crippen LogP contribution in [0.15, 0.2) is 30.3 Å². The maximum Gasteiger partial charge on any atom is 0.173 e. The molecule has 30 heavy (non-hydrogen) atoms. The van der Waals surface area contributed by atoms with E-state index in [0.717, 1.165) is 34.7 Å². The number of ether oxygens (including phenoxy) is 1. The van der Waals surface area contributed by atoms with E-state index in [9.17, 15) is 9.18 Å². The highest BCUT2D eigenvalue weighted by atomic mass is 19.1. The monoisotopic (exact) mass is 411 g/mol. The largest absolute Gasteiger partial charge is 0.480 e. The van der Waals surface area contributed by atoms with Gasteiger partial charge in [0.25, 0.3) is 0 Å². The van der Waals surface area contributed by atoms with Gasteiger partial charge in [-0.15, -0.1) is 0 Å². The summed E-state index contributed by atoms with van der Waals surface area (Å²) in [6.07, 6.45) is 1.55. The zero-order valence-electron chi connectivity index (χ0n) is 19.3. The molecule has 0 bridgehead atoms. The van der Waals surface area contributed by atoms with Crippen molar-refractivity contribution in [2.24, 2.45) is 11.3 Å². The van der Waals surface area contributed by atoms with E-state index in [-0.39, 0.29) is 28.3 Å². The zero-order valence-corrected chi connectivity index (χ0v) is 19.3. The fourth-order valence-corrected chi connectivity index (χ4v) is 3.78. The van der Waals surface area contributed by atoms with E-state index in [2.05, 4.69) is 48.5 Å². The Hall–Kier alpha value is -2.23. The second-order valence-corrected chi connectivity index (χ2v) is 10.3. The van der Waals surface area contributed by atoms with Crippen LogP contribution in [0, 0.1) is 17.2 Å². The van der Waals surface area contributed by atoms with Crippen molar-refractivity contribution in [3.05, 3.63) is 47.4 Å². The van der Waals surface area contributed by atoms with E-state index in [1.807, 2.05) is 6.07 Å². The predicted octanol–water partition coefficient (Wildman–Crippen LogP) is 6.52. The van der Waals surface area contributed by atoms with Gasteiger partial charge in [-0.1, -0.05) is 54.9 Å². The first-order valence-electron chi connectivity index (χ1n) is 10.9. The average molecular weight is 412 g/mol. The summed E-state index contributed by atoms with van der Waals surface area (Å²) in [6.45, 7) is 15.1. The van der Waals surface area contributed by atoms with Crippen molar-refractivity contribution in [3.63, 3.8) is 0 Å². The molecular weight excluding hydrogens is 377 g/mol. The Balaban J connectivity index is 1.91. The third-order valence-electron chi connectivity index (χ3n) is 6.74. The molecule has 0 amide bonds. The van der Waals surface area contributed by atoms with Gasteiger partial charge in [0.05, 0.1) is 11.4 Å². The van der Waals surface area contributed by atoms with Gasteiger partial charge in [-0.2, -0.15) is 0 Å². The Morgan fingerprint density at radius 1 is 1.20 bits per heavy atom. The first-order valence-corrected chi connectivity index (χ1v) is 10.9. The molecule has 0 radical (unpaired) electrons. The molecule has 1 aromatic carbocycles. The van der Waals surface area contributed by atoms with E-state index in [1.165, 1.54) is 12.1 Å². The van der Waals surface area contributed by atoms with E-state index in [1.54, 1.807) is 12.1 Å². The number of hydrogen-bond donors (Lipinski definition) is 0. The van der Waals surface area contributed by atoms with Crippen LogP contribution in [-0.4, -0.2) is 16.9 Å². The maximum absolute atomic E-state index is 13.4. The first kappa shape index (κ1) is 22.5. The molecule has 0 aliphatic carbocycles. The Kier molecular flexibility index (Phi) is 6.08. The number of ketones is 1. The van der Waals surface area contributed by atoms with Crippen molar-refractivity contribution in [1.29, 1.82) is 0 Å². The molecule has 0 N–H and O–H groups in total. The van der Waals surface area contributed by atoms with Gasteiger partial charge in [-0.25, -0.2) is 9.37 Å². The second kappa shape index (κ2) is 8.13. The minimum absolute atomic E-state index is 0.117. The summed E-state index contributed by atoms with van der Waals surface area (Å²) in [5, 5.41) is 0. The molecule has 2 heterocycles. The highest BCUT2D eigenvalue weighted by Crippen LogP contribution is 2.41. The van der Waals surface area contributed by atoms with Gasteiger partial charge < -0.3 is 4.74 Å². The van der Waals surface area contributed by atoms with Crippen LogP contribution in [-0.2, 0) is 16.6 Å². The normalized spacial score (nSPS) is 17.4. The molecule has 162 valence electrons. The minimum Gasteiger partial charge on any atom is -0.480 e. The molecular formula is C26H34FNO2. The van der Waals surface area contributed by atoms with Gasteiger partial charge in [0, 0.05) is 24.0 Å². The molecule has 4 heteroatoms. The summed E-state index contributed by atoms with van der Waals surface area (Å²) in [5.41, 5.74) is 3.45. The van der Waals surface area contributed by atoms with Crippen LogP contribution in [0.4, 0.5) is 4.39 Å². The number of fused-ring (bicyclic) bond motifs is 1. The van der Waals surface area contributed by atoms with Crippen LogP contribution in [0.3, 0.4) is 0 Å². The SMILES string of the molecule is CCC(C)(C)C(C)CC(=O)C1Cc2nc(-c3ccc(F)cc3)cc(C(C)(C)C)c2O1. The van der Waals surface area contributed by atoms with Crippen LogP contribution < -0.4 is 4.74 Å². The lowest BCUT2D eigenvalue weighted by Crippen LogP contribution is -2.31. The van der Waals surface area contributed by atoms with E-state index < -0.39 is 6.10 Å². The van der Waals surface area contributed by atoms with Crippen molar-refractivity contribution in [2.45, 2.75) is 79.2 Å². The fraction of sp³-hybridized carbons (Fsp3) is 0.538. The topological polar surface area (TPSA) is 39.2 Å². The van der Waals surface area contributed by atoms with Gasteiger partial charge in [-0.3, -0.25) is 4.79 Å². The van der Waals surface area contributed by atoms with E-state index in [4.69, 9.17) is 9.72 Å². The fourth-order valence-electron chi connectivity index (χ4n) is 3.78. The Morgan fingerprint density at radius 2 is 1.83 bits per heavy atom. The molecule has 0 spiro atoms. The molecule has 2 aromatic rings. The molecule has 2 unspecified atom stereocenters. The average Bonchev–Trinajstić information content (AvgIpc) is 3.11. The lowest BCUT2D eigenvalue weighted by Gasteiger charge is -2.30. The predicted molar refractivity (Wildman–Crippen MR) is 119 cm³/mol. The third-order valence-corrected chi connectivity index (χ3v) is 6.74. The number of hydrogen-bond acceptors (Lipinski definition) is 3. The van der Waals surface area contributed by atoms with Gasteiger partial charge in [0.2, 0.25) is 0 Å². The second-order valence-electron chi connectivity index (χ2n) is 10.3. The van der Waals surface area contributed by atoms with Crippen LogP contribution in [0.2, 0.25) is 0 Å². The number of benzene rings is 1. The number of Topliss-reactive ketones (excluding diaryl/α,β-unsaturated/α-hetero) is 1. The molecule has 0 fully saturated rings. The highest BCUT2D eigenvalue weighted by Gasteiger charge is 2.37. The van der Waals surface area contributed by atoms with Crippen molar-refractivity contribution >= 4 is 5.78 Å². The lowest BCUT2D eigenvalue weighted by atomic mass is 9.75. The molecule has 0 saturated carbocycles. The molecule has 0 saturated heterocycles. The van der Waals surface area contributed by atoms with Crippen LogP contribution in [0.1, 0.15) is 72.6 Å². The van der Waals surface area contributed by atoms with E-state index >= 15 is 0 Å². The minimum atomic E-state index is -0.479. The summed E-state index contributed by atoms with van der Waals surface area (Å²) in [6, 6.07) is 8.38. The zero-order chi connectivity index (χ0) is 22.3. The number of carbonyl (C=O) groups excluding carboxylic acids is 1. The smallest absolute Gasteiger partial charge is 0.173 e. The quantitative estimate of drug-likeness (QED) is 0.543. The van der Waals surface area contributed by atoms with Crippen molar-refractivity contribution < 1.29 is 13.9 Å². The number of aromatic nitrogens is 1. The number of carbonyl (C=O) groups is 1. The third kappa shape index (κ3) is 4.58. The Bertz CT molecular complexity index is 925. The standard InChI is InChI=1S/C26H34FNO2/c1-8-26(6,7)16(2)13-22(29)23-15-21-24(30-23)19(25(3,4)5)14-20(28-21)17-9-11-18(27)12-10-17/h9-12,14,16,23H,8,13,15H2,1-7H3. The molecule has 1 aliphatic heterocycles. The summed E-state index contributed by atoms with van der Waals surface area (Å²) in [7, 11) is 0. The number of pyridine rings is 1. The van der Waals surface area contributed by atoms with Gasteiger partial charge in [-0.05, 0) is 47.1 Å². The molecule has 2 atom stereocenters. The summed E-state index contributed by atoms with van der Waals surface area (Å²) in [4.78, 5) is 17.9. The van der Waals surface area contributed by atoms with Gasteiger partial charge in [0.15, 0.2) is 11.9 Å². The summed E-state index contributed by atoms with van der Waals surface area (Å²) < 4.78 is 19.6. The number of halogens is 1. The van der Waals surface area contributed by atoms with Gasteiger partial charge in [0.1, 0.15) is 11.6 Å². The maximum atomic E-state index is 13.4. The van der Waals surface area contributed by atoms with Crippen LogP contribution >= 0.6 is 0 Å². The number of rotatable bonds is 6. The Morgan fingerprint density at radius 3 is 2.40 bits per heavy atom. The van der Waals surface area contributed by atoms with Crippen molar-refractivity contribution in [3.8, 4) is 17.0 Å². The van der Waals surface area contributed by atoms with Crippen molar-refractivity contribution in [1.82, 2.24) is 4.98 Å². The van der Waals surface area contributed by atoms with Gasteiger partial charge >= 0.3 is 0 Å². The lowest BCUT2D eigenvalue weighted by molar-refractivity contribution is -0.126. The molecule has 1 aliphatic rings. The molecule has 3 rings (SSSR count). The Labute approximate surface area is 180 Å².